The second-order valence-electron chi connectivity index (χ2n) is 4.34. The summed E-state index contributed by atoms with van der Waals surface area (Å²) >= 11 is 5.81. The van der Waals surface area contributed by atoms with E-state index in [0.29, 0.717) is 0 Å². The third kappa shape index (κ3) is 4.26. The van der Waals surface area contributed by atoms with Crippen molar-refractivity contribution >= 4 is 29.0 Å². The summed E-state index contributed by atoms with van der Waals surface area (Å²) in [6, 6.07) is 0.973. The molecule has 0 aliphatic heterocycles. The number of hydrogen-bond donors (Lipinski definition) is 0. The molecule has 0 aliphatic carbocycles. The van der Waals surface area contributed by atoms with Crippen molar-refractivity contribution in [2.45, 2.75) is 6.92 Å². The highest BCUT2D eigenvalue weighted by atomic mass is 35.5. The average molecular weight is 328 g/mol. The summed E-state index contributed by atoms with van der Waals surface area (Å²) in [6.45, 7) is 1.68. The molecule has 1 rings (SSSR count). The zero-order valence-electron chi connectivity index (χ0n) is 12.2. The molecular weight excluding hydrogens is 314 g/mol. The fraction of sp³-hybridized carbons (Fsp3) is 0.308. The van der Waals surface area contributed by atoms with Gasteiger partial charge in [-0.2, -0.15) is 0 Å². The summed E-state index contributed by atoms with van der Waals surface area (Å²) in [7, 11) is 3.22. The molecule has 0 amide bonds. The van der Waals surface area contributed by atoms with Gasteiger partial charge in [0, 0.05) is 26.4 Å². The maximum Gasteiger partial charge on any atom is 0.343 e. The van der Waals surface area contributed by atoms with E-state index in [-0.39, 0.29) is 22.9 Å². The van der Waals surface area contributed by atoms with Crippen LogP contribution in [-0.4, -0.2) is 47.3 Å². The van der Waals surface area contributed by atoms with E-state index in [0.717, 1.165) is 12.3 Å². The molecule has 0 radical (unpaired) electrons. The van der Waals surface area contributed by atoms with Gasteiger partial charge in [-0.05, 0) is 6.92 Å². The lowest BCUT2D eigenvalue weighted by atomic mass is 10.1. The molecule has 1 heterocycles. The lowest BCUT2D eigenvalue weighted by molar-refractivity contribution is -0.385. The largest absolute Gasteiger partial charge is 0.462 e. The fourth-order valence-corrected chi connectivity index (χ4v) is 1.70. The molecule has 118 valence electrons. The van der Waals surface area contributed by atoms with Crippen LogP contribution in [0.2, 0.25) is 5.15 Å². The Morgan fingerprint density at radius 1 is 1.50 bits per heavy atom. The number of carbonyl (C=O) groups is 2. The summed E-state index contributed by atoms with van der Waals surface area (Å²) in [5.74, 6) is -1.64. The molecule has 22 heavy (non-hydrogen) atoms. The summed E-state index contributed by atoms with van der Waals surface area (Å²) < 4.78 is 4.81. The van der Waals surface area contributed by atoms with Gasteiger partial charge in [-0.3, -0.25) is 14.9 Å². The van der Waals surface area contributed by atoms with E-state index < -0.39 is 22.4 Å². The number of ether oxygens (including phenoxy) is 1. The van der Waals surface area contributed by atoms with E-state index >= 15 is 0 Å². The molecule has 1 aromatic rings. The summed E-state index contributed by atoms with van der Waals surface area (Å²) in [4.78, 5) is 39.5. The second kappa shape index (κ2) is 7.51. The van der Waals surface area contributed by atoms with Gasteiger partial charge in [0.05, 0.1) is 17.1 Å². The van der Waals surface area contributed by atoms with Gasteiger partial charge in [0.1, 0.15) is 16.9 Å². The molecule has 1 aromatic heterocycles. The van der Waals surface area contributed by atoms with Crippen LogP contribution in [0.4, 0.5) is 5.69 Å². The Hall–Kier alpha value is -2.48. The lowest BCUT2D eigenvalue weighted by Crippen LogP contribution is -2.20. The van der Waals surface area contributed by atoms with Crippen LogP contribution in [0.15, 0.2) is 24.0 Å². The summed E-state index contributed by atoms with van der Waals surface area (Å²) in [5.41, 5.74) is -0.936. The Bertz CT molecular complexity index is 643. The first-order chi connectivity index (χ1) is 10.3. The summed E-state index contributed by atoms with van der Waals surface area (Å²) in [6.07, 6.45) is 2.19. The number of carbonyl (C=O) groups excluding carboxylic acids is 2. The van der Waals surface area contributed by atoms with E-state index in [9.17, 15) is 19.7 Å². The Morgan fingerprint density at radius 3 is 2.64 bits per heavy atom. The molecule has 0 unspecified atom stereocenters. The SMILES string of the molecule is CCOC(=O)C(=CN(C)C)C(=O)c1cc([N+](=O)[O-])cnc1Cl. The second-order valence-corrected chi connectivity index (χ2v) is 4.70. The summed E-state index contributed by atoms with van der Waals surface area (Å²) in [5, 5.41) is 10.5. The molecule has 8 nitrogen and oxygen atoms in total. The number of rotatable bonds is 6. The molecular formula is C13H14ClN3O5. The van der Waals surface area contributed by atoms with Gasteiger partial charge < -0.3 is 9.64 Å². The predicted octanol–water partition coefficient (Wildman–Crippen LogP) is 1.83. The van der Waals surface area contributed by atoms with Crippen molar-refractivity contribution in [2.75, 3.05) is 20.7 Å². The van der Waals surface area contributed by atoms with Crippen molar-refractivity contribution in [1.82, 2.24) is 9.88 Å². The van der Waals surface area contributed by atoms with E-state index in [1.54, 1.807) is 21.0 Å². The Balaban J connectivity index is 3.33. The zero-order chi connectivity index (χ0) is 16.9. The van der Waals surface area contributed by atoms with Crippen molar-refractivity contribution in [3.05, 3.63) is 44.9 Å². The van der Waals surface area contributed by atoms with Gasteiger partial charge in [0.2, 0.25) is 5.78 Å². The highest BCUT2D eigenvalue weighted by Gasteiger charge is 2.26. The number of Topliss-reactive ketones (excluding diaryl/α,β-unsaturated/α-hetero) is 1. The first-order valence-corrected chi connectivity index (χ1v) is 6.55. The topological polar surface area (TPSA) is 103 Å². The van der Waals surface area contributed by atoms with Gasteiger partial charge in [-0.15, -0.1) is 0 Å². The highest BCUT2D eigenvalue weighted by molar-refractivity contribution is 6.36. The van der Waals surface area contributed by atoms with Crippen LogP contribution in [0, 0.1) is 10.1 Å². The fourth-order valence-electron chi connectivity index (χ4n) is 1.51. The number of aromatic nitrogens is 1. The third-order valence-corrected chi connectivity index (χ3v) is 2.71. The minimum Gasteiger partial charge on any atom is -0.462 e. The molecule has 0 aliphatic rings. The molecule has 0 bridgehead atoms. The van der Waals surface area contributed by atoms with Gasteiger partial charge in [0.25, 0.3) is 5.69 Å². The van der Waals surface area contributed by atoms with Crippen LogP contribution in [-0.2, 0) is 9.53 Å². The van der Waals surface area contributed by atoms with Gasteiger partial charge in [-0.1, -0.05) is 11.6 Å². The number of hydrogen-bond acceptors (Lipinski definition) is 7. The Kier molecular flexibility index (Phi) is 6.00. The third-order valence-electron chi connectivity index (χ3n) is 2.41. The normalized spacial score (nSPS) is 11.0. The molecule has 9 heteroatoms. The number of nitrogens with zero attached hydrogens (tertiary/aromatic N) is 3. The van der Waals surface area contributed by atoms with Crippen LogP contribution in [0.25, 0.3) is 0 Å². The average Bonchev–Trinajstić information content (AvgIpc) is 2.44. The molecule has 0 fully saturated rings. The number of nitro groups is 1. The zero-order valence-corrected chi connectivity index (χ0v) is 13.0. The van der Waals surface area contributed by atoms with Crippen molar-refractivity contribution in [1.29, 1.82) is 0 Å². The quantitative estimate of drug-likeness (QED) is 0.115. The van der Waals surface area contributed by atoms with Crippen molar-refractivity contribution in [3.8, 4) is 0 Å². The number of pyridine rings is 1. The number of ketones is 1. The molecule has 0 saturated heterocycles. The number of halogens is 1. The Morgan fingerprint density at radius 2 is 2.14 bits per heavy atom. The minimum atomic E-state index is -0.844. The van der Waals surface area contributed by atoms with Crippen LogP contribution >= 0.6 is 11.6 Å². The maximum atomic E-state index is 12.4. The first kappa shape index (κ1) is 17.6. The molecule has 0 atom stereocenters. The Labute approximate surface area is 131 Å². The van der Waals surface area contributed by atoms with Crippen LogP contribution in [0.5, 0.6) is 0 Å². The van der Waals surface area contributed by atoms with Crippen molar-refractivity contribution in [2.24, 2.45) is 0 Å². The van der Waals surface area contributed by atoms with Gasteiger partial charge in [-0.25, -0.2) is 9.78 Å². The monoisotopic (exact) mass is 327 g/mol. The maximum absolute atomic E-state index is 12.4. The smallest absolute Gasteiger partial charge is 0.343 e. The van der Waals surface area contributed by atoms with Crippen LogP contribution < -0.4 is 0 Å². The van der Waals surface area contributed by atoms with E-state index in [4.69, 9.17) is 16.3 Å². The standard InChI is InChI=1S/C13H14ClN3O5/c1-4-22-13(19)10(7-16(2)3)11(18)9-5-8(17(20)21)6-15-12(9)14/h5-7H,4H2,1-3H3. The molecule has 0 spiro atoms. The molecule has 0 aromatic carbocycles. The lowest BCUT2D eigenvalue weighted by Gasteiger charge is -2.11. The first-order valence-electron chi connectivity index (χ1n) is 6.18. The number of esters is 1. The van der Waals surface area contributed by atoms with E-state index in [2.05, 4.69) is 4.98 Å². The van der Waals surface area contributed by atoms with Crippen LogP contribution in [0.3, 0.4) is 0 Å². The van der Waals surface area contributed by atoms with Gasteiger partial charge in [0.15, 0.2) is 0 Å². The minimum absolute atomic E-state index is 0.0812. The highest BCUT2D eigenvalue weighted by Crippen LogP contribution is 2.22. The van der Waals surface area contributed by atoms with Gasteiger partial charge >= 0.3 is 5.97 Å². The van der Waals surface area contributed by atoms with E-state index in [1.165, 1.54) is 11.1 Å². The van der Waals surface area contributed by atoms with Crippen molar-refractivity contribution < 1.29 is 19.2 Å². The van der Waals surface area contributed by atoms with Crippen LogP contribution in [0.1, 0.15) is 17.3 Å². The predicted molar refractivity (Wildman–Crippen MR) is 78.6 cm³/mol. The van der Waals surface area contributed by atoms with Crippen molar-refractivity contribution in [3.63, 3.8) is 0 Å². The van der Waals surface area contributed by atoms with E-state index in [1.807, 2.05) is 0 Å². The molecule has 0 saturated carbocycles. The molecule has 0 N–H and O–H groups in total.